The molecule has 0 radical (unpaired) electrons. The van der Waals surface area contributed by atoms with Crippen LogP contribution in [0.25, 0.3) is 0 Å². The Balaban J connectivity index is 1.23. The van der Waals surface area contributed by atoms with Crippen molar-refractivity contribution in [2.24, 2.45) is 5.92 Å². The molecule has 2 aliphatic heterocycles. The highest BCUT2D eigenvalue weighted by molar-refractivity contribution is 7.99. The van der Waals surface area contributed by atoms with E-state index < -0.39 is 0 Å². The summed E-state index contributed by atoms with van der Waals surface area (Å²) in [5, 5.41) is 10.6. The molecule has 7 heteroatoms. The molecule has 5 rings (SSSR count). The summed E-state index contributed by atoms with van der Waals surface area (Å²) in [4.78, 5) is 6.81. The smallest absolute Gasteiger partial charge is 0.191 e. The average Bonchev–Trinajstić information content (AvgIpc) is 3.50. The molecule has 0 bridgehead atoms. The van der Waals surface area contributed by atoms with Crippen LogP contribution < -0.4 is 0 Å². The number of hydrogen-bond donors (Lipinski definition) is 0. The molecule has 3 aliphatic rings. The summed E-state index contributed by atoms with van der Waals surface area (Å²) >= 11 is 1.94. The molecule has 32 heavy (non-hydrogen) atoms. The fraction of sp³-hybridized carbons (Fsp3) is 0.720. The first-order chi connectivity index (χ1) is 15.8. The summed E-state index contributed by atoms with van der Waals surface area (Å²) in [7, 11) is 0. The van der Waals surface area contributed by atoms with Crippen molar-refractivity contribution in [3.05, 3.63) is 35.9 Å². The van der Waals surface area contributed by atoms with Gasteiger partial charge in [0.15, 0.2) is 5.16 Å². The van der Waals surface area contributed by atoms with Crippen LogP contribution >= 0.6 is 11.8 Å². The fourth-order valence-electron chi connectivity index (χ4n) is 5.52. The first-order valence-corrected chi connectivity index (χ1v) is 13.6. The molecule has 1 aliphatic carbocycles. The molecule has 2 aromatic rings. The van der Waals surface area contributed by atoms with Gasteiger partial charge in [0, 0.05) is 37.2 Å². The lowest BCUT2D eigenvalue weighted by Gasteiger charge is -2.31. The maximum Gasteiger partial charge on any atom is 0.191 e. The predicted molar refractivity (Wildman–Crippen MR) is 128 cm³/mol. The van der Waals surface area contributed by atoms with E-state index in [-0.39, 0.29) is 0 Å². The molecular formula is C25H37N5OS. The van der Waals surface area contributed by atoms with Gasteiger partial charge >= 0.3 is 0 Å². The second-order valence-corrected chi connectivity index (χ2v) is 10.8. The number of ether oxygens (including phenoxy) is 1. The molecule has 0 spiro atoms. The predicted octanol–water partition coefficient (Wildman–Crippen LogP) is 4.90. The van der Waals surface area contributed by atoms with Crippen LogP contribution in [-0.4, -0.2) is 56.2 Å². The van der Waals surface area contributed by atoms with Crippen LogP contribution in [0, 0.1) is 5.92 Å². The Kier molecular flexibility index (Phi) is 7.77. The lowest BCUT2D eigenvalue weighted by Crippen LogP contribution is -2.33. The van der Waals surface area contributed by atoms with E-state index in [1.54, 1.807) is 0 Å². The largest absolute Gasteiger partial charge is 0.376 e. The number of piperidine rings is 1. The Morgan fingerprint density at radius 2 is 1.88 bits per heavy atom. The molecule has 0 amide bonds. The van der Waals surface area contributed by atoms with Gasteiger partial charge in [-0.15, -0.1) is 10.2 Å². The van der Waals surface area contributed by atoms with Crippen LogP contribution in [0.5, 0.6) is 0 Å². The third-order valence-electron chi connectivity index (χ3n) is 7.41. The molecule has 3 fully saturated rings. The minimum Gasteiger partial charge on any atom is -0.376 e. The third-order valence-corrected chi connectivity index (χ3v) is 8.61. The fourth-order valence-corrected chi connectivity index (χ4v) is 6.66. The van der Waals surface area contributed by atoms with E-state index in [1.807, 2.05) is 30.2 Å². The van der Waals surface area contributed by atoms with Crippen LogP contribution in [0.2, 0.25) is 0 Å². The lowest BCUT2D eigenvalue weighted by molar-refractivity contribution is 0.0931. The zero-order valence-electron chi connectivity index (χ0n) is 19.2. The van der Waals surface area contributed by atoms with Crippen LogP contribution in [0.15, 0.2) is 29.7 Å². The van der Waals surface area contributed by atoms with Crippen molar-refractivity contribution in [2.45, 2.75) is 88.1 Å². The molecule has 1 saturated carbocycles. The zero-order chi connectivity index (χ0) is 21.6. The van der Waals surface area contributed by atoms with Crippen molar-refractivity contribution in [3.8, 4) is 0 Å². The van der Waals surface area contributed by atoms with E-state index in [2.05, 4.69) is 20.5 Å². The Morgan fingerprint density at radius 3 is 2.62 bits per heavy atom. The van der Waals surface area contributed by atoms with Crippen molar-refractivity contribution in [3.63, 3.8) is 0 Å². The standard InChI is InChI=1S/C25H37N5OS/c1-2-6-20(7-3-1)19-32-25-28-27-24(30(25)18-23-9-5-15-31-23)22-10-13-29(14-11-22)17-21-8-4-12-26-16-21/h4,8,12,16,20,22-23H,1-3,5-7,9-11,13-15,17-19H2/t23-/m1/s1. The second kappa shape index (κ2) is 11.1. The maximum atomic E-state index is 6.00. The van der Waals surface area contributed by atoms with Crippen molar-refractivity contribution in [2.75, 3.05) is 25.4 Å². The van der Waals surface area contributed by atoms with Crippen molar-refractivity contribution < 1.29 is 4.74 Å². The first-order valence-electron chi connectivity index (χ1n) is 12.6. The van der Waals surface area contributed by atoms with Gasteiger partial charge in [-0.05, 0) is 69.2 Å². The second-order valence-electron chi connectivity index (χ2n) is 9.81. The average molecular weight is 456 g/mol. The van der Waals surface area contributed by atoms with Crippen LogP contribution in [0.4, 0.5) is 0 Å². The van der Waals surface area contributed by atoms with E-state index in [4.69, 9.17) is 14.9 Å². The summed E-state index contributed by atoms with van der Waals surface area (Å²) in [5.41, 5.74) is 1.30. The van der Waals surface area contributed by atoms with Crippen molar-refractivity contribution >= 4 is 11.8 Å². The summed E-state index contributed by atoms with van der Waals surface area (Å²) in [6.07, 6.45) is 15.8. The quantitative estimate of drug-likeness (QED) is 0.528. The van der Waals surface area contributed by atoms with Gasteiger partial charge in [-0.1, -0.05) is 37.1 Å². The van der Waals surface area contributed by atoms with E-state index in [0.717, 1.165) is 63.1 Å². The van der Waals surface area contributed by atoms with Crippen molar-refractivity contribution in [1.29, 1.82) is 0 Å². The van der Waals surface area contributed by atoms with Crippen LogP contribution in [0.1, 0.15) is 75.1 Å². The highest BCUT2D eigenvalue weighted by Gasteiger charge is 2.29. The lowest BCUT2D eigenvalue weighted by atomic mass is 9.91. The maximum absolute atomic E-state index is 6.00. The van der Waals surface area contributed by atoms with Gasteiger partial charge in [0.1, 0.15) is 5.82 Å². The molecular weight excluding hydrogens is 418 g/mol. The normalized spacial score (nSPS) is 23.7. The Bertz CT molecular complexity index is 824. The molecule has 6 nitrogen and oxygen atoms in total. The topological polar surface area (TPSA) is 56.1 Å². The number of likely N-dealkylation sites (tertiary alicyclic amines) is 1. The molecule has 0 N–H and O–H groups in total. The van der Waals surface area contributed by atoms with Gasteiger partial charge in [0.05, 0.1) is 12.6 Å². The van der Waals surface area contributed by atoms with E-state index >= 15 is 0 Å². The van der Waals surface area contributed by atoms with Gasteiger partial charge in [-0.25, -0.2) is 0 Å². The summed E-state index contributed by atoms with van der Waals surface area (Å²) < 4.78 is 8.44. The Labute approximate surface area is 196 Å². The monoisotopic (exact) mass is 455 g/mol. The third kappa shape index (κ3) is 5.72. The minimum absolute atomic E-state index is 0.324. The summed E-state index contributed by atoms with van der Waals surface area (Å²) in [6.45, 7) is 5.03. The van der Waals surface area contributed by atoms with Gasteiger partial charge in [-0.3, -0.25) is 9.88 Å². The van der Waals surface area contributed by atoms with Crippen molar-refractivity contribution in [1.82, 2.24) is 24.6 Å². The number of thioether (sulfide) groups is 1. The Hall–Kier alpha value is -1.44. The number of nitrogens with zero attached hydrogens (tertiary/aromatic N) is 5. The zero-order valence-corrected chi connectivity index (χ0v) is 20.0. The molecule has 2 saturated heterocycles. The minimum atomic E-state index is 0.324. The molecule has 174 valence electrons. The molecule has 0 aromatic carbocycles. The molecule has 2 aromatic heterocycles. The SMILES string of the molecule is c1cncc(CN2CCC(c3nnc(SCC4CCCCC4)n3C[C@H]3CCCO3)CC2)c1. The first kappa shape index (κ1) is 22.4. The molecule has 4 heterocycles. The highest BCUT2D eigenvalue weighted by atomic mass is 32.2. The van der Waals surface area contributed by atoms with E-state index in [9.17, 15) is 0 Å². The van der Waals surface area contributed by atoms with Gasteiger partial charge < -0.3 is 9.30 Å². The van der Waals surface area contributed by atoms with Gasteiger partial charge in [0.2, 0.25) is 0 Å². The van der Waals surface area contributed by atoms with E-state index in [1.165, 1.54) is 55.7 Å². The summed E-state index contributed by atoms with van der Waals surface area (Å²) in [5.74, 6) is 3.74. The van der Waals surface area contributed by atoms with Gasteiger partial charge in [-0.2, -0.15) is 0 Å². The van der Waals surface area contributed by atoms with Crippen LogP contribution in [-0.2, 0) is 17.8 Å². The van der Waals surface area contributed by atoms with Crippen LogP contribution in [0.3, 0.4) is 0 Å². The number of rotatable bonds is 8. The number of pyridine rings is 1. The number of aromatic nitrogens is 4. The highest BCUT2D eigenvalue weighted by Crippen LogP contribution is 2.33. The summed E-state index contributed by atoms with van der Waals surface area (Å²) in [6, 6.07) is 4.20. The Morgan fingerprint density at radius 1 is 1.00 bits per heavy atom. The number of hydrogen-bond acceptors (Lipinski definition) is 6. The molecule has 1 atom stereocenters. The van der Waals surface area contributed by atoms with E-state index in [0.29, 0.717) is 12.0 Å². The molecule has 0 unspecified atom stereocenters. The van der Waals surface area contributed by atoms with Gasteiger partial charge in [0.25, 0.3) is 0 Å².